The monoisotopic (exact) mass is 644 g/mol. The third-order valence-corrected chi connectivity index (χ3v) is 10.7. The topological polar surface area (TPSA) is 82.2 Å². The highest BCUT2D eigenvalue weighted by molar-refractivity contribution is 7.90. The maximum absolute atomic E-state index is 13.9. The lowest BCUT2D eigenvalue weighted by Crippen LogP contribution is -2.49. The summed E-state index contributed by atoms with van der Waals surface area (Å²) in [6.45, 7) is 2.07. The van der Waals surface area contributed by atoms with Gasteiger partial charge in [-0.25, -0.2) is 9.03 Å². The van der Waals surface area contributed by atoms with Gasteiger partial charge in [0.1, 0.15) is 5.75 Å². The van der Waals surface area contributed by atoms with Crippen LogP contribution >= 0.6 is 23.2 Å². The van der Waals surface area contributed by atoms with Crippen LogP contribution in [0.5, 0.6) is 5.75 Å². The molecule has 2 atom stereocenters. The summed E-state index contributed by atoms with van der Waals surface area (Å²) in [7, 11) is 0.889. The number of fused-ring (bicyclic) bond motifs is 1. The van der Waals surface area contributed by atoms with E-state index >= 15 is 0 Å². The van der Waals surface area contributed by atoms with Crippen LogP contribution in [0, 0.1) is 0 Å². The van der Waals surface area contributed by atoms with Crippen LogP contribution in [0.1, 0.15) is 47.6 Å². The van der Waals surface area contributed by atoms with Gasteiger partial charge in [0, 0.05) is 20.1 Å². The first-order chi connectivity index (χ1) is 20.6. The number of aryl methyl sites for hydroxylation is 1. The Balaban J connectivity index is 1.59. The van der Waals surface area contributed by atoms with Crippen molar-refractivity contribution in [3.05, 3.63) is 93.0 Å². The number of amides is 1. The van der Waals surface area contributed by atoms with E-state index in [2.05, 4.69) is 9.62 Å². The van der Waals surface area contributed by atoms with Crippen molar-refractivity contribution in [2.45, 2.75) is 50.7 Å². The van der Waals surface area contributed by atoms with Gasteiger partial charge in [-0.05, 0) is 85.3 Å². The number of benzene rings is 3. The van der Waals surface area contributed by atoms with Gasteiger partial charge in [0.2, 0.25) is 5.91 Å². The largest absolute Gasteiger partial charge is 0.495 e. The average molecular weight is 646 g/mol. The number of anilines is 1. The number of likely N-dealkylation sites (N-methyl/N-ethyl adjacent to an activating group) is 1. The Morgan fingerprint density at radius 2 is 1.74 bits per heavy atom. The van der Waals surface area contributed by atoms with Crippen molar-refractivity contribution in [3.8, 4) is 5.75 Å². The SMILES string of the molecule is CNS(=O)(=O)N(Cc1ccccc1)c1cc2c(cc1OC)CCC(N1CCCC1)C2N(C)C(=O)Cc1ccc(Cl)c(Cl)c1. The third-order valence-electron chi connectivity index (χ3n) is 8.58. The smallest absolute Gasteiger partial charge is 0.301 e. The Morgan fingerprint density at radius 1 is 1.02 bits per heavy atom. The Kier molecular flexibility index (Phi) is 9.88. The minimum absolute atomic E-state index is 0.0539. The van der Waals surface area contributed by atoms with Crippen molar-refractivity contribution in [2.75, 3.05) is 38.6 Å². The Labute approximate surface area is 264 Å². The highest BCUT2D eigenvalue weighted by Gasteiger charge is 2.40. The van der Waals surface area contributed by atoms with Gasteiger partial charge in [-0.15, -0.1) is 0 Å². The number of rotatable bonds is 10. The van der Waals surface area contributed by atoms with E-state index in [1.54, 1.807) is 19.2 Å². The molecule has 1 N–H and O–H groups in total. The molecule has 2 aliphatic rings. The molecule has 1 amide bonds. The van der Waals surface area contributed by atoms with E-state index in [0.29, 0.717) is 21.5 Å². The van der Waals surface area contributed by atoms with E-state index in [1.165, 1.54) is 11.4 Å². The van der Waals surface area contributed by atoms with Gasteiger partial charge in [-0.3, -0.25) is 9.69 Å². The molecule has 11 heteroatoms. The van der Waals surface area contributed by atoms with Crippen LogP contribution < -0.4 is 13.8 Å². The maximum Gasteiger partial charge on any atom is 0.301 e. The first kappa shape index (κ1) is 31.6. The average Bonchev–Trinajstić information content (AvgIpc) is 3.55. The van der Waals surface area contributed by atoms with Gasteiger partial charge in [0.15, 0.2) is 0 Å². The predicted molar refractivity (Wildman–Crippen MR) is 172 cm³/mol. The van der Waals surface area contributed by atoms with Crippen molar-refractivity contribution < 1.29 is 17.9 Å². The summed E-state index contributed by atoms with van der Waals surface area (Å²) in [6.07, 6.45) is 4.10. The molecule has 1 fully saturated rings. The molecule has 1 aliphatic heterocycles. The fourth-order valence-electron chi connectivity index (χ4n) is 6.33. The van der Waals surface area contributed by atoms with Crippen molar-refractivity contribution in [3.63, 3.8) is 0 Å². The zero-order valence-electron chi connectivity index (χ0n) is 24.7. The molecule has 3 aromatic carbocycles. The second kappa shape index (κ2) is 13.4. The number of halogens is 2. The van der Waals surface area contributed by atoms with E-state index in [0.717, 1.165) is 61.0 Å². The molecule has 1 saturated heterocycles. The minimum Gasteiger partial charge on any atom is -0.495 e. The van der Waals surface area contributed by atoms with Gasteiger partial charge >= 0.3 is 10.2 Å². The van der Waals surface area contributed by atoms with Gasteiger partial charge < -0.3 is 9.64 Å². The second-order valence-corrected chi connectivity index (χ2v) is 13.8. The summed E-state index contributed by atoms with van der Waals surface area (Å²) in [5, 5.41) is 0.855. The van der Waals surface area contributed by atoms with E-state index in [1.807, 2.05) is 60.5 Å². The van der Waals surface area contributed by atoms with Crippen LogP contribution in [-0.2, 0) is 34.4 Å². The van der Waals surface area contributed by atoms with E-state index in [-0.39, 0.29) is 31.0 Å². The molecule has 5 rings (SSSR count). The first-order valence-electron chi connectivity index (χ1n) is 14.5. The van der Waals surface area contributed by atoms with Crippen LogP contribution in [-0.4, -0.2) is 64.5 Å². The molecule has 3 aromatic rings. The lowest BCUT2D eigenvalue weighted by Gasteiger charge is -2.44. The lowest BCUT2D eigenvalue weighted by atomic mass is 9.81. The Bertz CT molecular complexity index is 1570. The number of ether oxygens (including phenoxy) is 1. The number of carbonyl (C=O) groups excluding carboxylic acids is 1. The van der Waals surface area contributed by atoms with Crippen LogP contribution in [0.3, 0.4) is 0 Å². The van der Waals surface area contributed by atoms with Crippen LogP contribution in [0.4, 0.5) is 5.69 Å². The van der Waals surface area contributed by atoms with Crippen LogP contribution in [0.2, 0.25) is 10.0 Å². The molecule has 0 bridgehead atoms. The molecule has 230 valence electrons. The van der Waals surface area contributed by atoms with Crippen molar-refractivity contribution in [1.82, 2.24) is 14.5 Å². The summed E-state index contributed by atoms with van der Waals surface area (Å²) in [5.41, 5.74) is 4.04. The predicted octanol–water partition coefficient (Wildman–Crippen LogP) is 5.63. The van der Waals surface area contributed by atoms with Crippen molar-refractivity contribution in [2.24, 2.45) is 0 Å². The number of nitrogens with zero attached hydrogens (tertiary/aromatic N) is 3. The molecule has 43 heavy (non-hydrogen) atoms. The molecule has 1 heterocycles. The molecular weight excluding hydrogens is 607 g/mol. The highest BCUT2D eigenvalue weighted by Crippen LogP contribution is 2.44. The fraction of sp³-hybridized carbons (Fsp3) is 0.406. The number of hydrogen-bond acceptors (Lipinski definition) is 5. The molecule has 1 aliphatic carbocycles. The van der Waals surface area contributed by atoms with E-state index < -0.39 is 10.2 Å². The fourth-order valence-corrected chi connectivity index (χ4v) is 7.59. The molecule has 2 unspecified atom stereocenters. The second-order valence-electron chi connectivity index (χ2n) is 11.1. The Morgan fingerprint density at radius 3 is 2.40 bits per heavy atom. The summed E-state index contributed by atoms with van der Waals surface area (Å²) in [5.74, 6) is 0.415. The van der Waals surface area contributed by atoms with Crippen LogP contribution in [0.25, 0.3) is 0 Å². The van der Waals surface area contributed by atoms with E-state index in [9.17, 15) is 13.2 Å². The highest BCUT2D eigenvalue weighted by atomic mass is 35.5. The normalized spacial score (nSPS) is 18.7. The van der Waals surface area contributed by atoms with Crippen molar-refractivity contribution in [1.29, 1.82) is 0 Å². The van der Waals surface area contributed by atoms with E-state index in [4.69, 9.17) is 27.9 Å². The maximum atomic E-state index is 13.9. The number of likely N-dealkylation sites (tertiary alicyclic amines) is 1. The summed E-state index contributed by atoms with van der Waals surface area (Å²) >= 11 is 12.4. The summed E-state index contributed by atoms with van der Waals surface area (Å²) in [6, 6.07) is 18.4. The summed E-state index contributed by atoms with van der Waals surface area (Å²) < 4.78 is 36.5. The van der Waals surface area contributed by atoms with Crippen molar-refractivity contribution >= 4 is 45.0 Å². The van der Waals surface area contributed by atoms with Crippen LogP contribution in [0.15, 0.2) is 60.7 Å². The number of hydrogen-bond donors (Lipinski definition) is 1. The Hall–Kier alpha value is -2.82. The zero-order valence-corrected chi connectivity index (χ0v) is 27.1. The molecular formula is C32H38Cl2N4O4S. The molecule has 0 saturated carbocycles. The minimum atomic E-state index is -3.91. The third kappa shape index (κ3) is 6.81. The molecule has 0 radical (unpaired) electrons. The standard InChI is InChI=1S/C32H38Cl2N4O4S/c1-35-43(40,41)38(21-22-9-5-4-6-10-22)29-20-25-24(19-30(29)42-3)12-14-28(37-15-7-8-16-37)32(25)36(2)31(39)18-23-11-13-26(33)27(34)17-23/h4-6,9-11,13,17,19-20,28,32,35H,7-8,12,14-16,18,21H2,1-3H3. The quantitative estimate of drug-likeness (QED) is 0.310. The van der Waals surface area contributed by atoms with Gasteiger partial charge in [-0.1, -0.05) is 59.6 Å². The number of nitrogens with one attached hydrogen (secondary N) is 1. The zero-order chi connectivity index (χ0) is 30.7. The van der Waals surface area contributed by atoms with Gasteiger partial charge in [-0.2, -0.15) is 8.42 Å². The number of methoxy groups -OCH3 is 1. The molecule has 8 nitrogen and oxygen atoms in total. The molecule has 0 spiro atoms. The first-order valence-corrected chi connectivity index (χ1v) is 16.7. The summed E-state index contributed by atoms with van der Waals surface area (Å²) in [4.78, 5) is 18.2. The lowest BCUT2D eigenvalue weighted by molar-refractivity contribution is -0.133. The van der Waals surface area contributed by atoms with Gasteiger partial charge in [0.25, 0.3) is 0 Å². The number of carbonyl (C=O) groups is 1. The molecule has 0 aromatic heterocycles. The van der Waals surface area contributed by atoms with Gasteiger partial charge in [0.05, 0.1) is 41.8 Å².